The highest BCUT2D eigenvalue weighted by Gasteiger charge is 2.15. The van der Waals surface area contributed by atoms with Crippen molar-refractivity contribution in [3.63, 3.8) is 0 Å². The molecule has 3 rings (SSSR count). The van der Waals surface area contributed by atoms with Gasteiger partial charge in [0, 0.05) is 36.6 Å². The van der Waals surface area contributed by atoms with E-state index in [2.05, 4.69) is 39.3 Å². The predicted octanol–water partition coefficient (Wildman–Crippen LogP) is 5.02. The Labute approximate surface area is 174 Å². The van der Waals surface area contributed by atoms with E-state index in [1.54, 1.807) is 6.07 Å². The van der Waals surface area contributed by atoms with Gasteiger partial charge in [0.1, 0.15) is 17.3 Å². The molecule has 1 amide bonds. The molecule has 1 aromatic carbocycles. The van der Waals surface area contributed by atoms with E-state index < -0.39 is 0 Å². The zero-order chi connectivity index (χ0) is 20.6. The van der Waals surface area contributed by atoms with Gasteiger partial charge in [-0.25, -0.2) is 9.97 Å². The summed E-state index contributed by atoms with van der Waals surface area (Å²) in [4.78, 5) is 23.9. The number of anilines is 3. The van der Waals surface area contributed by atoms with Crippen molar-refractivity contribution in [2.24, 2.45) is 0 Å². The summed E-state index contributed by atoms with van der Waals surface area (Å²) in [6.07, 6.45) is 7.42. The molecule has 1 fully saturated rings. The smallest absolute Gasteiger partial charge is 0.274 e. The Morgan fingerprint density at radius 1 is 1.03 bits per heavy atom. The maximum Gasteiger partial charge on any atom is 0.274 e. The number of nitrogens with zero attached hydrogens (tertiary/aromatic N) is 3. The Morgan fingerprint density at radius 2 is 1.69 bits per heavy atom. The van der Waals surface area contributed by atoms with Crippen molar-refractivity contribution in [2.75, 3.05) is 28.6 Å². The molecule has 1 heterocycles. The quantitative estimate of drug-likeness (QED) is 0.644. The second kappa shape index (κ2) is 10.2. The SMILES string of the molecule is CCN(CC)c1ccc(NC(=O)c2cc(NC3CCCCCC3)nc(C)n2)cc1. The van der Waals surface area contributed by atoms with E-state index in [1.807, 2.05) is 31.2 Å². The Hall–Kier alpha value is -2.63. The maximum atomic E-state index is 12.8. The lowest BCUT2D eigenvalue weighted by Gasteiger charge is -2.21. The van der Waals surface area contributed by atoms with Crippen LogP contribution in [0.1, 0.15) is 68.7 Å². The number of aryl methyl sites for hydroxylation is 1. The molecule has 1 aliphatic rings. The average Bonchev–Trinajstić information content (AvgIpc) is 2.98. The number of benzene rings is 1. The van der Waals surface area contributed by atoms with E-state index in [-0.39, 0.29) is 5.91 Å². The van der Waals surface area contributed by atoms with Gasteiger partial charge in [-0.15, -0.1) is 0 Å². The summed E-state index contributed by atoms with van der Waals surface area (Å²) in [7, 11) is 0. The molecule has 156 valence electrons. The molecule has 1 aromatic heterocycles. The zero-order valence-corrected chi connectivity index (χ0v) is 17.9. The van der Waals surface area contributed by atoms with Gasteiger partial charge >= 0.3 is 0 Å². The zero-order valence-electron chi connectivity index (χ0n) is 17.9. The van der Waals surface area contributed by atoms with Gasteiger partial charge < -0.3 is 15.5 Å². The molecule has 1 aliphatic carbocycles. The van der Waals surface area contributed by atoms with E-state index in [0.29, 0.717) is 17.6 Å². The van der Waals surface area contributed by atoms with Gasteiger partial charge in [0.05, 0.1) is 0 Å². The summed E-state index contributed by atoms with van der Waals surface area (Å²) >= 11 is 0. The Bertz CT molecular complexity index is 793. The first-order chi connectivity index (χ1) is 14.1. The predicted molar refractivity (Wildman–Crippen MR) is 120 cm³/mol. The van der Waals surface area contributed by atoms with Gasteiger partial charge in [-0.05, 0) is 57.9 Å². The third kappa shape index (κ3) is 5.92. The lowest BCUT2D eigenvalue weighted by atomic mass is 10.1. The molecular weight excluding hydrogens is 362 g/mol. The molecule has 0 spiro atoms. The van der Waals surface area contributed by atoms with Gasteiger partial charge in [0.2, 0.25) is 0 Å². The Balaban J connectivity index is 1.68. The van der Waals surface area contributed by atoms with E-state index in [0.717, 1.165) is 43.1 Å². The fourth-order valence-corrected chi connectivity index (χ4v) is 3.93. The third-order valence-corrected chi connectivity index (χ3v) is 5.53. The first kappa shape index (κ1) is 21.1. The molecule has 2 aromatic rings. The van der Waals surface area contributed by atoms with Gasteiger partial charge in [-0.3, -0.25) is 4.79 Å². The number of hydrogen-bond donors (Lipinski definition) is 2. The molecule has 0 atom stereocenters. The van der Waals surface area contributed by atoms with Crippen LogP contribution in [0.25, 0.3) is 0 Å². The van der Waals surface area contributed by atoms with E-state index in [1.165, 1.54) is 25.7 Å². The van der Waals surface area contributed by atoms with E-state index >= 15 is 0 Å². The van der Waals surface area contributed by atoms with Gasteiger partial charge in [0.25, 0.3) is 5.91 Å². The van der Waals surface area contributed by atoms with Crippen LogP contribution in [0.15, 0.2) is 30.3 Å². The van der Waals surface area contributed by atoms with Crippen molar-refractivity contribution in [3.8, 4) is 0 Å². The van der Waals surface area contributed by atoms with Gasteiger partial charge in [-0.2, -0.15) is 0 Å². The molecule has 0 unspecified atom stereocenters. The highest BCUT2D eigenvalue weighted by Crippen LogP contribution is 2.21. The van der Waals surface area contributed by atoms with Crippen molar-refractivity contribution in [1.29, 1.82) is 0 Å². The standard InChI is InChI=1S/C23H33N5O/c1-4-28(5-2)20-14-12-19(13-15-20)27-23(29)21-16-22(25-17(3)24-21)26-18-10-8-6-7-9-11-18/h12-16,18H,4-11H2,1-3H3,(H,27,29)(H,24,25,26). The van der Waals surface area contributed by atoms with Crippen LogP contribution in [0.2, 0.25) is 0 Å². The Morgan fingerprint density at radius 3 is 2.31 bits per heavy atom. The molecule has 0 saturated heterocycles. The molecule has 2 N–H and O–H groups in total. The fraction of sp³-hybridized carbons (Fsp3) is 0.522. The van der Waals surface area contributed by atoms with Crippen molar-refractivity contribution >= 4 is 23.1 Å². The molecule has 6 heteroatoms. The summed E-state index contributed by atoms with van der Waals surface area (Å²) < 4.78 is 0. The van der Waals surface area contributed by atoms with Crippen molar-refractivity contribution in [2.45, 2.75) is 65.3 Å². The maximum absolute atomic E-state index is 12.8. The molecule has 0 bridgehead atoms. The number of nitrogens with one attached hydrogen (secondary N) is 2. The topological polar surface area (TPSA) is 70.2 Å². The second-order valence-electron chi connectivity index (χ2n) is 7.69. The number of rotatable bonds is 7. The van der Waals surface area contributed by atoms with Gasteiger partial charge in [0.15, 0.2) is 0 Å². The molecule has 1 saturated carbocycles. The number of carbonyl (C=O) groups excluding carboxylic acids is 1. The highest BCUT2D eigenvalue weighted by molar-refractivity contribution is 6.03. The van der Waals surface area contributed by atoms with Crippen LogP contribution >= 0.6 is 0 Å². The minimum atomic E-state index is -0.213. The fourth-order valence-electron chi connectivity index (χ4n) is 3.93. The summed E-state index contributed by atoms with van der Waals surface area (Å²) in [6.45, 7) is 8.01. The van der Waals surface area contributed by atoms with Crippen LogP contribution in [-0.2, 0) is 0 Å². The molecule has 0 aliphatic heterocycles. The monoisotopic (exact) mass is 395 g/mol. The van der Waals surface area contributed by atoms with E-state index in [9.17, 15) is 4.79 Å². The summed E-state index contributed by atoms with van der Waals surface area (Å²) in [5.74, 6) is 1.13. The normalized spacial score (nSPS) is 14.9. The van der Waals surface area contributed by atoms with Crippen molar-refractivity contribution in [3.05, 3.63) is 41.9 Å². The Kier molecular flexibility index (Phi) is 7.44. The summed E-state index contributed by atoms with van der Waals surface area (Å²) in [6, 6.07) is 10.1. The van der Waals surface area contributed by atoms with Crippen molar-refractivity contribution in [1.82, 2.24) is 9.97 Å². The van der Waals surface area contributed by atoms with E-state index in [4.69, 9.17) is 0 Å². The van der Waals surface area contributed by atoms with Crippen molar-refractivity contribution < 1.29 is 4.79 Å². The number of hydrogen-bond acceptors (Lipinski definition) is 5. The van der Waals surface area contributed by atoms with Crippen LogP contribution < -0.4 is 15.5 Å². The minimum Gasteiger partial charge on any atom is -0.372 e. The number of carbonyl (C=O) groups is 1. The highest BCUT2D eigenvalue weighted by atomic mass is 16.1. The molecule has 29 heavy (non-hydrogen) atoms. The summed E-state index contributed by atoms with van der Waals surface area (Å²) in [5.41, 5.74) is 2.31. The lowest BCUT2D eigenvalue weighted by molar-refractivity contribution is 0.102. The van der Waals surface area contributed by atoms with Crippen LogP contribution in [0.3, 0.4) is 0 Å². The van der Waals surface area contributed by atoms with Crippen LogP contribution in [-0.4, -0.2) is 35.0 Å². The first-order valence-corrected chi connectivity index (χ1v) is 10.9. The minimum absolute atomic E-state index is 0.213. The second-order valence-corrected chi connectivity index (χ2v) is 7.69. The van der Waals surface area contributed by atoms with Crippen LogP contribution in [0, 0.1) is 6.92 Å². The largest absolute Gasteiger partial charge is 0.372 e. The van der Waals surface area contributed by atoms with Crippen LogP contribution in [0.4, 0.5) is 17.2 Å². The molecule has 6 nitrogen and oxygen atoms in total. The third-order valence-electron chi connectivity index (χ3n) is 5.53. The summed E-state index contributed by atoms with van der Waals surface area (Å²) in [5, 5.41) is 6.47. The lowest BCUT2D eigenvalue weighted by Crippen LogP contribution is -2.22. The van der Waals surface area contributed by atoms with Gasteiger partial charge in [-0.1, -0.05) is 25.7 Å². The van der Waals surface area contributed by atoms with Crippen LogP contribution in [0.5, 0.6) is 0 Å². The first-order valence-electron chi connectivity index (χ1n) is 10.9. The number of amides is 1. The molecular formula is C23H33N5O. The average molecular weight is 396 g/mol. The number of aromatic nitrogens is 2. The molecule has 0 radical (unpaired) electrons.